The minimum Gasteiger partial charge on any atom is -0.295 e. The molecule has 1 aliphatic rings. The molecule has 2 heterocycles. The van der Waals surface area contributed by atoms with Crippen LogP contribution in [0.15, 0.2) is 70.9 Å². The van der Waals surface area contributed by atoms with Crippen molar-refractivity contribution in [3.8, 4) is 0 Å². The van der Waals surface area contributed by atoms with Crippen molar-refractivity contribution in [3.63, 3.8) is 0 Å². The van der Waals surface area contributed by atoms with E-state index in [-0.39, 0.29) is 16.7 Å². The fourth-order valence-electron chi connectivity index (χ4n) is 3.54. The highest BCUT2D eigenvalue weighted by atomic mass is 32.2. The van der Waals surface area contributed by atoms with Gasteiger partial charge >= 0.3 is 0 Å². The van der Waals surface area contributed by atoms with Crippen molar-refractivity contribution in [2.24, 2.45) is 0 Å². The summed E-state index contributed by atoms with van der Waals surface area (Å²) in [6.07, 6.45) is 0.696. The molecule has 1 atom stereocenters. The molecule has 1 unspecified atom stereocenters. The molecule has 0 amide bonds. The highest BCUT2D eigenvalue weighted by Gasteiger charge is 2.38. The van der Waals surface area contributed by atoms with Gasteiger partial charge in [-0.1, -0.05) is 42.5 Å². The molecule has 0 aliphatic carbocycles. The minimum absolute atomic E-state index is 0.148. The third kappa shape index (κ3) is 3.25. The number of benzene rings is 2. The number of fused-ring (bicyclic) bond motifs is 1. The number of hydrogen-bond acceptors (Lipinski definition) is 4. The van der Waals surface area contributed by atoms with Crippen LogP contribution in [0.5, 0.6) is 0 Å². The molecule has 0 spiro atoms. The highest BCUT2D eigenvalue weighted by Crippen LogP contribution is 2.40. The lowest BCUT2D eigenvalue weighted by Gasteiger charge is -2.35. The second-order valence-corrected chi connectivity index (χ2v) is 9.45. The van der Waals surface area contributed by atoms with E-state index in [4.69, 9.17) is 0 Å². The van der Waals surface area contributed by atoms with E-state index in [1.807, 2.05) is 41.8 Å². The molecule has 2 aromatic carbocycles. The Labute approximate surface area is 163 Å². The number of carbonyl (C=O) groups is 1. The zero-order valence-electron chi connectivity index (χ0n) is 14.8. The summed E-state index contributed by atoms with van der Waals surface area (Å²) in [6, 6.07) is 17.7. The monoisotopic (exact) mass is 397 g/mol. The summed E-state index contributed by atoms with van der Waals surface area (Å²) in [4.78, 5) is 13.1. The Hall–Kier alpha value is -2.28. The summed E-state index contributed by atoms with van der Waals surface area (Å²) in [5.41, 5.74) is 2.40. The van der Waals surface area contributed by atoms with E-state index in [9.17, 15) is 13.2 Å². The van der Waals surface area contributed by atoms with Gasteiger partial charge in [0.05, 0.1) is 10.9 Å². The Morgan fingerprint density at radius 1 is 1.07 bits per heavy atom. The van der Waals surface area contributed by atoms with Crippen LogP contribution in [0.25, 0.3) is 0 Å². The molecule has 0 radical (unpaired) electrons. The number of carbonyl (C=O) groups excluding carboxylic acids is 1. The lowest BCUT2D eigenvalue weighted by molar-refractivity contribution is 0.101. The summed E-state index contributed by atoms with van der Waals surface area (Å²) in [5.74, 6) is -0.148. The van der Waals surface area contributed by atoms with Crippen LogP contribution in [0.4, 0.5) is 0 Å². The molecular formula is C21H19NO3S2. The number of ketones is 1. The fourth-order valence-corrected chi connectivity index (χ4v) is 6.09. The average molecular weight is 398 g/mol. The summed E-state index contributed by atoms with van der Waals surface area (Å²) in [5, 5.41) is 2.02. The smallest absolute Gasteiger partial charge is 0.243 e. The second kappa shape index (κ2) is 7.03. The van der Waals surface area contributed by atoms with Gasteiger partial charge in [-0.05, 0) is 48.1 Å². The van der Waals surface area contributed by atoms with Crippen LogP contribution in [0.2, 0.25) is 0 Å². The van der Waals surface area contributed by atoms with Crippen molar-refractivity contribution in [3.05, 3.63) is 87.6 Å². The van der Waals surface area contributed by atoms with Crippen molar-refractivity contribution >= 4 is 27.1 Å². The normalized spacial score (nSPS) is 17.4. The maximum Gasteiger partial charge on any atom is 0.243 e. The minimum atomic E-state index is -3.75. The molecule has 1 aliphatic heterocycles. The van der Waals surface area contributed by atoms with E-state index >= 15 is 0 Å². The fraction of sp³-hybridized carbons (Fsp3) is 0.190. The quantitative estimate of drug-likeness (QED) is 0.617. The first-order valence-electron chi connectivity index (χ1n) is 8.72. The third-order valence-corrected chi connectivity index (χ3v) is 7.74. The standard InChI is InChI=1S/C21H19NO3S2/c1-15(23)17-8-5-9-18(14-17)27(24,25)22-12-10-20-19(11-13-26-20)21(22)16-6-3-2-4-7-16/h2-9,11,13-14,21H,10,12H2,1H3. The lowest BCUT2D eigenvalue weighted by atomic mass is 9.95. The average Bonchev–Trinajstić information content (AvgIpc) is 3.16. The van der Waals surface area contributed by atoms with Gasteiger partial charge in [-0.15, -0.1) is 11.3 Å². The molecule has 0 N–H and O–H groups in total. The first-order chi connectivity index (χ1) is 13.0. The molecule has 27 heavy (non-hydrogen) atoms. The third-order valence-electron chi connectivity index (χ3n) is 4.88. The van der Waals surface area contributed by atoms with Crippen molar-refractivity contribution < 1.29 is 13.2 Å². The van der Waals surface area contributed by atoms with Crippen molar-refractivity contribution in [2.45, 2.75) is 24.3 Å². The molecule has 1 aromatic heterocycles. The van der Waals surface area contributed by atoms with Gasteiger partial charge in [-0.2, -0.15) is 4.31 Å². The molecule has 0 saturated carbocycles. The number of Topliss-reactive ketones (excluding diaryl/α,β-unsaturated/α-hetero) is 1. The SMILES string of the molecule is CC(=O)c1cccc(S(=O)(=O)N2CCc3sccc3C2c2ccccc2)c1. The van der Waals surface area contributed by atoms with E-state index < -0.39 is 10.0 Å². The maximum absolute atomic E-state index is 13.5. The summed E-state index contributed by atoms with van der Waals surface area (Å²) in [6.45, 7) is 1.86. The molecule has 4 nitrogen and oxygen atoms in total. The molecular weight excluding hydrogens is 378 g/mol. The zero-order chi connectivity index (χ0) is 19.0. The lowest BCUT2D eigenvalue weighted by Crippen LogP contribution is -2.40. The van der Waals surface area contributed by atoms with Gasteiger partial charge < -0.3 is 0 Å². The van der Waals surface area contributed by atoms with E-state index in [1.165, 1.54) is 17.9 Å². The van der Waals surface area contributed by atoms with Gasteiger partial charge in [0.25, 0.3) is 0 Å². The molecule has 0 bridgehead atoms. The van der Waals surface area contributed by atoms with Gasteiger partial charge in [0.1, 0.15) is 0 Å². The van der Waals surface area contributed by atoms with Crippen molar-refractivity contribution in [1.82, 2.24) is 4.31 Å². The molecule has 3 aromatic rings. The van der Waals surface area contributed by atoms with Gasteiger partial charge in [0.2, 0.25) is 10.0 Å². The van der Waals surface area contributed by atoms with Crippen LogP contribution in [0.1, 0.15) is 39.3 Å². The van der Waals surface area contributed by atoms with Gasteiger partial charge in [-0.25, -0.2) is 8.42 Å². The molecule has 4 rings (SSSR count). The Morgan fingerprint density at radius 3 is 2.59 bits per heavy atom. The molecule has 0 fully saturated rings. The topological polar surface area (TPSA) is 54.5 Å². The Bertz CT molecular complexity index is 1090. The highest BCUT2D eigenvalue weighted by molar-refractivity contribution is 7.89. The Morgan fingerprint density at radius 2 is 1.85 bits per heavy atom. The zero-order valence-corrected chi connectivity index (χ0v) is 16.5. The van der Waals surface area contributed by atoms with E-state index in [2.05, 4.69) is 0 Å². The maximum atomic E-state index is 13.5. The number of hydrogen-bond donors (Lipinski definition) is 0. The number of nitrogens with zero attached hydrogens (tertiary/aromatic N) is 1. The second-order valence-electron chi connectivity index (χ2n) is 6.56. The summed E-state index contributed by atoms with van der Waals surface area (Å²) >= 11 is 1.67. The first kappa shape index (κ1) is 18.1. The Balaban J connectivity index is 1.84. The summed E-state index contributed by atoms with van der Waals surface area (Å²) < 4.78 is 28.6. The predicted molar refractivity (Wildman–Crippen MR) is 107 cm³/mol. The van der Waals surface area contributed by atoms with Crippen LogP contribution in [-0.2, 0) is 16.4 Å². The van der Waals surface area contributed by atoms with Crippen molar-refractivity contribution in [1.29, 1.82) is 0 Å². The molecule has 138 valence electrons. The van der Waals surface area contributed by atoms with Gasteiger partial charge in [-0.3, -0.25) is 4.79 Å². The molecule has 0 saturated heterocycles. The van der Waals surface area contributed by atoms with Crippen LogP contribution < -0.4 is 0 Å². The number of rotatable bonds is 4. The first-order valence-corrected chi connectivity index (χ1v) is 11.0. The van der Waals surface area contributed by atoms with Crippen LogP contribution in [-0.4, -0.2) is 25.1 Å². The van der Waals surface area contributed by atoms with E-state index in [0.717, 1.165) is 11.1 Å². The molecule has 6 heteroatoms. The van der Waals surface area contributed by atoms with Gasteiger partial charge in [0.15, 0.2) is 5.78 Å². The van der Waals surface area contributed by atoms with E-state index in [1.54, 1.807) is 33.8 Å². The van der Waals surface area contributed by atoms with Crippen LogP contribution in [0.3, 0.4) is 0 Å². The van der Waals surface area contributed by atoms with Crippen LogP contribution >= 0.6 is 11.3 Å². The van der Waals surface area contributed by atoms with Crippen molar-refractivity contribution in [2.75, 3.05) is 6.54 Å². The Kier molecular flexibility index (Phi) is 4.72. The number of sulfonamides is 1. The van der Waals surface area contributed by atoms with E-state index in [0.29, 0.717) is 18.5 Å². The predicted octanol–water partition coefficient (Wildman–Crippen LogP) is 4.29. The van der Waals surface area contributed by atoms with Gasteiger partial charge in [0, 0.05) is 17.0 Å². The summed E-state index contributed by atoms with van der Waals surface area (Å²) in [7, 11) is -3.75. The van der Waals surface area contributed by atoms with Crippen LogP contribution in [0, 0.1) is 0 Å². The number of thiophene rings is 1. The largest absolute Gasteiger partial charge is 0.295 e.